The van der Waals surface area contributed by atoms with Crippen LogP contribution in [0, 0.1) is 0 Å². The van der Waals surface area contributed by atoms with Crippen LogP contribution in [0.3, 0.4) is 0 Å². The molecule has 0 bridgehead atoms. The summed E-state index contributed by atoms with van der Waals surface area (Å²) < 4.78 is 69.2. The maximum Gasteiger partial charge on any atom is 0.500 e. The molecule has 0 aromatic carbocycles. The molecule has 0 rings (SSSR count). The standard InChI is InChI=1S/C6H14F2O6SSi/c1-12-16(13-2,14-3)5-4-6(7,8)15(9,10)11/h4-5H2,1-3H3,(H,9,10,11). The summed E-state index contributed by atoms with van der Waals surface area (Å²) >= 11 is 0. The smallest absolute Gasteiger partial charge is 0.377 e. The largest absolute Gasteiger partial charge is 0.500 e. The lowest BCUT2D eigenvalue weighted by Crippen LogP contribution is -2.44. The molecule has 0 aromatic heterocycles. The second-order valence-electron chi connectivity index (χ2n) is 2.91. The molecule has 0 aliphatic carbocycles. The van der Waals surface area contributed by atoms with Gasteiger partial charge in [-0.05, 0) is 0 Å². The Morgan fingerprint density at radius 3 is 1.81 bits per heavy atom. The molecular formula is C6H14F2O6SSi. The highest BCUT2D eigenvalue weighted by Crippen LogP contribution is 2.30. The van der Waals surface area contributed by atoms with Crippen LogP contribution in [0.4, 0.5) is 8.78 Å². The summed E-state index contributed by atoms with van der Waals surface area (Å²) in [7, 11) is -5.05. The van der Waals surface area contributed by atoms with E-state index < -0.39 is 36.6 Å². The van der Waals surface area contributed by atoms with E-state index in [2.05, 4.69) is 0 Å². The average Bonchev–Trinajstić information content (AvgIpc) is 2.19. The summed E-state index contributed by atoms with van der Waals surface area (Å²) in [6.45, 7) is 0. The van der Waals surface area contributed by atoms with Crippen molar-refractivity contribution in [2.24, 2.45) is 0 Å². The molecule has 0 saturated heterocycles. The maximum absolute atomic E-state index is 12.9. The monoisotopic (exact) mass is 280 g/mol. The summed E-state index contributed by atoms with van der Waals surface area (Å²) in [6, 6.07) is -0.427. The van der Waals surface area contributed by atoms with E-state index >= 15 is 0 Å². The van der Waals surface area contributed by atoms with Crippen LogP contribution in [0.1, 0.15) is 6.42 Å². The minimum Gasteiger partial charge on any atom is -0.377 e. The van der Waals surface area contributed by atoms with Crippen LogP contribution in [-0.2, 0) is 23.4 Å². The summed E-state index contributed by atoms with van der Waals surface area (Å²) in [5.74, 6) is 0. The van der Waals surface area contributed by atoms with Gasteiger partial charge in [0.15, 0.2) is 0 Å². The van der Waals surface area contributed by atoms with Gasteiger partial charge in [-0.25, -0.2) is 0 Å². The van der Waals surface area contributed by atoms with Crippen LogP contribution in [0.2, 0.25) is 6.04 Å². The van der Waals surface area contributed by atoms with Crippen molar-refractivity contribution in [3.8, 4) is 0 Å². The van der Waals surface area contributed by atoms with E-state index in [0.717, 1.165) is 0 Å². The fraction of sp³-hybridized carbons (Fsp3) is 1.00. The van der Waals surface area contributed by atoms with Crippen molar-refractivity contribution in [2.75, 3.05) is 21.3 Å². The van der Waals surface area contributed by atoms with E-state index in [0.29, 0.717) is 0 Å². The fourth-order valence-corrected chi connectivity index (χ4v) is 3.26. The minimum atomic E-state index is -5.43. The molecule has 0 spiro atoms. The Kier molecular flexibility index (Phi) is 5.42. The van der Waals surface area contributed by atoms with Crippen LogP contribution in [0.15, 0.2) is 0 Å². The van der Waals surface area contributed by atoms with E-state index in [-0.39, 0.29) is 0 Å². The zero-order valence-corrected chi connectivity index (χ0v) is 10.9. The van der Waals surface area contributed by atoms with Gasteiger partial charge in [0.05, 0.1) is 0 Å². The highest BCUT2D eigenvalue weighted by atomic mass is 32.2. The number of alkyl halides is 2. The molecule has 0 aliphatic rings. The lowest BCUT2D eigenvalue weighted by Gasteiger charge is -2.25. The van der Waals surface area contributed by atoms with Crippen molar-refractivity contribution in [3.05, 3.63) is 0 Å². The Morgan fingerprint density at radius 2 is 1.56 bits per heavy atom. The third-order valence-electron chi connectivity index (χ3n) is 2.03. The van der Waals surface area contributed by atoms with Crippen LogP contribution < -0.4 is 0 Å². The van der Waals surface area contributed by atoms with Gasteiger partial charge < -0.3 is 13.3 Å². The molecule has 0 radical (unpaired) electrons. The zero-order valence-electron chi connectivity index (χ0n) is 9.07. The van der Waals surface area contributed by atoms with Gasteiger partial charge in [-0.3, -0.25) is 4.55 Å². The van der Waals surface area contributed by atoms with E-state index in [4.69, 9.17) is 17.8 Å². The molecule has 0 unspecified atom stereocenters. The van der Waals surface area contributed by atoms with Crippen molar-refractivity contribution in [2.45, 2.75) is 17.7 Å². The van der Waals surface area contributed by atoms with Gasteiger partial charge in [0.2, 0.25) is 0 Å². The summed E-state index contributed by atoms with van der Waals surface area (Å²) in [4.78, 5) is 0. The number of hydrogen-bond acceptors (Lipinski definition) is 5. The molecule has 0 saturated carbocycles. The molecular weight excluding hydrogens is 266 g/mol. The van der Waals surface area contributed by atoms with Crippen LogP contribution >= 0.6 is 0 Å². The third-order valence-corrected chi connectivity index (χ3v) is 5.72. The topological polar surface area (TPSA) is 82.1 Å². The van der Waals surface area contributed by atoms with Gasteiger partial charge in [-0.15, -0.1) is 0 Å². The first-order valence-electron chi connectivity index (χ1n) is 4.14. The number of rotatable bonds is 7. The number of hydrogen-bond donors (Lipinski definition) is 1. The van der Waals surface area contributed by atoms with Gasteiger partial charge in [0.1, 0.15) is 0 Å². The highest BCUT2D eigenvalue weighted by Gasteiger charge is 2.48. The van der Waals surface area contributed by atoms with E-state index in [1.54, 1.807) is 0 Å². The highest BCUT2D eigenvalue weighted by molar-refractivity contribution is 7.86. The minimum absolute atomic E-state index is 0.427. The fourth-order valence-electron chi connectivity index (χ4n) is 0.984. The first-order valence-corrected chi connectivity index (χ1v) is 7.51. The normalized spacial score (nSPS) is 14.1. The van der Waals surface area contributed by atoms with Crippen molar-refractivity contribution in [1.29, 1.82) is 0 Å². The molecule has 0 aromatic rings. The molecule has 1 N–H and O–H groups in total. The molecule has 0 fully saturated rings. The predicted molar refractivity (Wildman–Crippen MR) is 52.7 cm³/mol. The molecule has 6 nitrogen and oxygen atoms in total. The zero-order chi connectivity index (χ0) is 13.0. The van der Waals surface area contributed by atoms with E-state index in [9.17, 15) is 17.2 Å². The lowest BCUT2D eigenvalue weighted by atomic mass is 10.5. The van der Waals surface area contributed by atoms with Gasteiger partial charge in [-0.1, -0.05) is 0 Å². The van der Waals surface area contributed by atoms with Crippen molar-refractivity contribution >= 4 is 18.9 Å². The first kappa shape index (κ1) is 15.9. The van der Waals surface area contributed by atoms with Crippen LogP contribution in [-0.4, -0.2) is 48.4 Å². The Balaban J connectivity index is 4.66. The quantitative estimate of drug-likeness (QED) is 0.547. The summed E-state index contributed by atoms with van der Waals surface area (Å²) in [5, 5.41) is -4.24. The molecule has 10 heteroatoms. The van der Waals surface area contributed by atoms with Crippen molar-refractivity contribution in [1.82, 2.24) is 0 Å². The Morgan fingerprint density at radius 1 is 1.19 bits per heavy atom. The van der Waals surface area contributed by atoms with Gasteiger partial charge >= 0.3 is 24.2 Å². The second kappa shape index (κ2) is 5.47. The third kappa shape index (κ3) is 3.71. The van der Waals surface area contributed by atoms with Crippen LogP contribution in [0.5, 0.6) is 0 Å². The Labute approximate surface area is 93.6 Å². The van der Waals surface area contributed by atoms with Gasteiger partial charge in [0, 0.05) is 33.8 Å². The molecule has 16 heavy (non-hydrogen) atoms. The first-order chi connectivity index (χ1) is 7.14. The van der Waals surface area contributed by atoms with E-state index in [1.807, 2.05) is 0 Å². The van der Waals surface area contributed by atoms with Gasteiger partial charge in [-0.2, -0.15) is 17.2 Å². The summed E-state index contributed by atoms with van der Waals surface area (Å²) in [5.41, 5.74) is 0. The summed E-state index contributed by atoms with van der Waals surface area (Å²) in [6.07, 6.45) is -1.13. The average molecular weight is 280 g/mol. The van der Waals surface area contributed by atoms with E-state index in [1.165, 1.54) is 21.3 Å². The van der Waals surface area contributed by atoms with Crippen molar-refractivity contribution < 1.29 is 35.0 Å². The number of halogens is 2. The Hall–Kier alpha value is -0.133. The Bertz CT molecular complexity index is 307. The molecule has 0 amide bonds. The predicted octanol–water partition coefficient (Wildman–Crippen LogP) is 0.735. The van der Waals surface area contributed by atoms with Crippen LogP contribution in [0.25, 0.3) is 0 Å². The molecule has 0 heterocycles. The lowest BCUT2D eigenvalue weighted by molar-refractivity contribution is 0.0629. The SMILES string of the molecule is CO[Si](CCC(F)(F)S(=O)(=O)O)(OC)OC. The molecule has 0 atom stereocenters. The molecule has 98 valence electrons. The second-order valence-corrected chi connectivity index (χ2v) is 7.55. The van der Waals surface area contributed by atoms with Gasteiger partial charge in [0.25, 0.3) is 0 Å². The van der Waals surface area contributed by atoms with Crippen molar-refractivity contribution in [3.63, 3.8) is 0 Å². The molecule has 0 aliphatic heterocycles. The maximum atomic E-state index is 12.9.